The molecule has 162 valence electrons. The second kappa shape index (κ2) is 8.97. The maximum absolute atomic E-state index is 12.7. The van der Waals surface area contributed by atoms with Crippen molar-refractivity contribution in [3.8, 4) is 0 Å². The molecule has 2 amide bonds. The number of anilines is 1. The number of hydrogen-bond donors (Lipinski definition) is 2. The average molecular weight is 432 g/mol. The van der Waals surface area contributed by atoms with Crippen LogP contribution in [0.25, 0.3) is 0 Å². The zero-order chi connectivity index (χ0) is 22.7. The molecule has 0 spiro atoms. The van der Waals surface area contributed by atoms with E-state index in [0.29, 0.717) is 11.3 Å². The first-order valence-electron chi connectivity index (χ1n) is 9.63. The van der Waals surface area contributed by atoms with Crippen molar-refractivity contribution in [2.24, 2.45) is 0 Å². The lowest BCUT2D eigenvalue weighted by Crippen LogP contribution is -2.40. The third-order valence-electron chi connectivity index (χ3n) is 4.39. The molecule has 0 radical (unpaired) electrons. The number of nitrogens with one attached hydrogen (secondary N) is 2. The van der Waals surface area contributed by atoms with Crippen LogP contribution in [0.2, 0.25) is 0 Å². The minimum absolute atomic E-state index is 0.0561. The topological polar surface area (TPSA) is 95.6 Å². The molecule has 0 heterocycles. The van der Waals surface area contributed by atoms with Crippen molar-refractivity contribution >= 4 is 27.5 Å². The van der Waals surface area contributed by atoms with E-state index < -0.39 is 15.9 Å². The molecule has 0 saturated carbocycles. The van der Waals surface area contributed by atoms with Gasteiger partial charge >= 0.3 is 0 Å². The molecule has 0 bridgehead atoms. The van der Waals surface area contributed by atoms with Gasteiger partial charge in [-0.25, -0.2) is 8.42 Å². The lowest BCUT2D eigenvalue weighted by Gasteiger charge is -2.21. The maximum atomic E-state index is 12.7. The number of amides is 2. The van der Waals surface area contributed by atoms with Crippen LogP contribution in [0.15, 0.2) is 53.4 Å². The van der Waals surface area contributed by atoms with Crippen molar-refractivity contribution < 1.29 is 18.0 Å². The monoisotopic (exact) mass is 431 g/mol. The van der Waals surface area contributed by atoms with Crippen LogP contribution in [0.1, 0.15) is 55.3 Å². The minimum atomic E-state index is -3.69. The molecular weight excluding hydrogens is 402 g/mol. The molecule has 0 aliphatic heterocycles. The van der Waals surface area contributed by atoms with Crippen LogP contribution in [-0.2, 0) is 10.0 Å². The van der Waals surface area contributed by atoms with E-state index in [1.165, 1.54) is 29.6 Å². The summed E-state index contributed by atoms with van der Waals surface area (Å²) < 4.78 is 26.6. The molecule has 0 aromatic heterocycles. The van der Waals surface area contributed by atoms with Gasteiger partial charge in [0.05, 0.1) is 4.90 Å². The van der Waals surface area contributed by atoms with E-state index in [2.05, 4.69) is 10.6 Å². The maximum Gasteiger partial charge on any atom is 0.255 e. The summed E-state index contributed by atoms with van der Waals surface area (Å²) in [4.78, 5) is 24.9. The molecule has 2 N–H and O–H groups in total. The van der Waals surface area contributed by atoms with E-state index in [0.717, 1.165) is 0 Å². The summed E-state index contributed by atoms with van der Waals surface area (Å²) in [5.41, 5.74) is 0.856. The standard InChI is InChI=1S/C22H29N3O4S/c1-15(2)25(6)30(28,29)19-9-7-8-17(14-19)20(26)23-18-12-10-16(11-13-18)21(27)24-22(3,4)5/h7-15H,1-6H3,(H,23,26)(H,24,27). The molecule has 2 aromatic carbocycles. The van der Waals surface area contributed by atoms with Gasteiger partial charge in [0.2, 0.25) is 10.0 Å². The first kappa shape index (κ1) is 23.6. The van der Waals surface area contributed by atoms with Gasteiger partial charge in [-0.05, 0) is 77.1 Å². The van der Waals surface area contributed by atoms with Gasteiger partial charge in [0, 0.05) is 35.4 Å². The van der Waals surface area contributed by atoms with Gasteiger partial charge in [-0.15, -0.1) is 0 Å². The third-order valence-corrected chi connectivity index (χ3v) is 6.42. The van der Waals surface area contributed by atoms with E-state index in [1.807, 2.05) is 20.8 Å². The predicted octanol–water partition coefficient (Wildman–Crippen LogP) is 3.50. The van der Waals surface area contributed by atoms with Crippen molar-refractivity contribution in [3.05, 3.63) is 59.7 Å². The molecule has 0 aliphatic carbocycles. The zero-order valence-corrected chi connectivity index (χ0v) is 19.0. The van der Waals surface area contributed by atoms with E-state index in [-0.39, 0.29) is 27.9 Å². The Morgan fingerprint density at radius 3 is 2.07 bits per heavy atom. The molecule has 0 fully saturated rings. The van der Waals surface area contributed by atoms with Gasteiger partial charge in [-0.1, -0.05) is 6.07 Å². The summed E-state index contributed by atoms with van der Waals surface area (Å²) in [6.45, 7) is 9.24. The van der Waals surface area contributed by atoms with E-state index in [4.69, 9.17) is 0 Å². The lowest BCUT2D eigenvalue weighted by atomic mass is 10.1. The number of sulfonamides is 1. The molecule has 0 unspecified atom stereocenters. The summed E-state index contributed by atoms with van der Waals surface area (Å²) in [7, 11) is -2.18. The van der Waals surface area contributed by atoms with E-state index in [1.54, 1.807) is 44.2 Å². The molecule has 0 aliphatic rings. The summed E-state index contributed by atoms with van der Waals surface area (Å²) in [6.07, 6.45) is 0. The van der Waals surface area contributed by atoms with Crippen molar-refractivity contribution in [3.63, 3.8) is 0 Å². The smallest absolute Gasteiger partial charge is 0.255 e. The van der Waals surface area contributed by atoms with Gasteiger partial charge in [-0.3, -0.25) is 9.59 Å². The highest BCUT2D eigenvalue weighted by molar-refractivity contribution is 7.89. The quantitative estimate of drug-likeness (QED) is 0.732. The molecule has 2 rings (SSSR count). The first-order valence-corrected chi connectivity index (χ1v) is 11.1. The normalized spacial score (nSPS) is 12.1. The van der Waals surface area contributed by atoms with Gasteiger partial charge < -0.3 is 10.6 Å². The van der Waals surface area contributed by atoms with Gasteiger partial charge in [-0.2, -0.15) is 4.31 Å². The highest BCUT2D eigenvalue weighted by Crippen LogP contribution is 2.19. The molecular formula is C22H29N3O4S. The van der Waals surface area contributed by atoms with E-state index >= 15 is 0 Å². The SMILES string of the molecule is CC(C)N(C)S(=O)(=O)c1cccc(C(=O)Nc2ccc(C(=O)NC(C)(C)C)cc2)c1. The number of nitrogens with zero attached hydrogens (tertiary/aromatic N) is 1. The first-order chi connectivity index (χ1) is 13.8. The highest BCUT2D eigenvalue weighted by atomic mass is 32.2. The second-order valence-corrected chi connectivity index (χ2v) is 10.4. The Morgan fingerprint density at radius 1 is 0.933 bits per heavy atom. The number of carbonyl (C=O) groups excluding carboxylic acids is 2. The Balaban J connectivity index is 2.16. The minimum Gasteiger partial charge on any atom is -0.347 e. The van der Waals surface area contributed by atoms with Crippen LogP contribution in [0.5, 0.6) is 0 Å². The zero-order valence-electron chi connectivity index (χ0n) is 18.2. The van der Waals surface area contributed by atoms with Crippen LogP contribution in [0.3, 0.4) is 0 Å². The van der Waals surface area contributed by atoms with Crippen LogP contribution < -0.4 is 10.6 Å². The molecule has 0 atom stereocenters. The fourth-order valence-electron chi connectivity index (χ4n) is 2.56. The summed E-state index contributed by atoms with van der Waals surface area (Å²) in [5, 5.41) is 5.60. The number of carbonyl (C=O) groups is 2. The van der Waals surface area contributed by atoms with Crippen molar-refractivity contribution in [1.29, 1.82) is 0 Å². The van der Waals surface area contributed by atoms with Crippen LogP contribution in [0.4, 0.5) is 5.69 Å². The molecule has 0 saturated heterocycles. The molecule has 7 nitrogen and oxygen atoms in total. The van der Waals surface area contributed by atoms with Gasteiger partial charge in [0.25, 0.3) is 11.8 Å². The predicted molar refractivity (Wildman–Crippen MR) is 118 cm³/mol. The molecule has 8 heteroatoms. The van der Waals surface area contributed by atoms with Crippen LogP contribution in [-0.4, -0.2) is 43.2 Å². The molecule has 30 heavy (non-hydrogen) atoms. The van der Waals surface area contributed by atoms with Gasteiger partial charge in [0.15, 0.2) is 0 Å². The highest BCUT2D eigenvalue weighted by Gasteiger charge is 2.24. The van der Waals surface area contributed by atoms with Crippen molar-refractivity contribution in [2.45, 2.75) is 51.1 Å². The Hall–Kier alpha value is -2.71. The number of benzene rings is 2. The van der Waals surface area contributed by atoms with Crippen LogP contribution in [0, 0.1) is 0 Å². The Morgan fingerprint density at radius 2 is 1.53 bits per heavy atom. The fraction of sp³-hybridized carbons (Fsp3) is 0.364. The molecule has 2 aromatic rings. The summed E-state index contributed by atoms with van der Waals surface area (Å²) in [6, 6.07) is 12.2. The second-order valence-electron chi connectivity index (χ2n) is 8.38. The number of hydrogen-bond acceptors (Lipinski definition) is 4. The Labute approximate surface area is 178 Å². The largest absolute Gasteiger partial charge is 0.347 e. The van der Waals surface area contributed by atoms with E-state index in [9.17, 15) is 18.0 Å². The van der Waals surface area contributed by atoms with Crippen LogP contribution >= 0.6 is 0 Å². The Bertz CT molecular complexity index is 1020. The third kappa shape index (κ3) is 5.90. The number of rotatable bonds is 6. The Kier molecular flexibility index (Phi) is 7.05. The van der Waals surface area contributed by atoms with Gasteiger partial charge in [0.1, 0.15) is 0 Å². The summed E-state index contributed by atoms with van der Waals surface area (Å²) in [5.74, 6) is -0.640. The van der Waals surface area contributed by atoms with Crippen molar-refractivity contribution in [2.75, 3.05) is 12.4 Å². The van der Waals surface area contributed by atoms with Crippen molar-refractivity contribution in [1.82, 2.24) is 9.62 Å². The average Bonchev–Trinajstić information content (AvgIpc) is 2.66. The summed E-state index contributed by atoms with van der Waals surface area (Å²) >= 11 is 0. The fourth-order valence-corrected chi connectivity index (χ4v) is 3.98. The lowest BCUT2D eigenvalue weighted by molar-refractivity contribution is 0.0919.